The van der Waals surface area contributed by atoms with Crippen molar-refractivity contribution in [2.45, 2.75) is 72.2 Å². The van der Waals surface area contributed by atoms with Gasteiger partial charge in [0.05, 0.1) is 9.92 Å². The van der Waals surface area contributed by atoms with Crippen molar-refractivity contribution in [1.82, 2.24) is 4.72 Å². The zero-order valence-corrected chi connectivity index (χ0v) is 16.3. The third kappa shape index (κ3) is 7.65. The van der Waals surface area contributed by atoms with E-state index in [1.54, 1.807) is 6.92 Å². The van der Waals surface area contributed by atoms with E-state index in [0.717, 1.165) is 0 Å². The molecule has 0 bridgehead atoms. The molecule has 0 aromatic heterocycles. The summed E-state index contributed by atoms with van der Waals surface area (Å²) in [5.41, 5.74) is -0.255. The molecule has 2 nitrogen and oxygen atoms in total. The minimum Gasteiger partial charge on any atom is -0.237 e. The molecule has 22 heavy (non-hydrogen) atoms. The van der Waals surface area contributed by atoms with Gasteiger partial charge in [-0.15, -0.1) is 0 Å². The van der Waals surface area contributed by atoms with Crippen molar-refractivity contribution in [3.8, 4) is 0 Å². The molecule has 1 aromatic carbocycles. The molecule has 0 spiro atoms. The zero-order chi connectivity index (χ0) is 18.1. The first kappa shape index (κ1) is 23.7. The van der Waals surface area contributed by atoms with Gasteiger partial charge in [0.1, 0.15) is 11.0 Å². The molecule has 0 radical (unpaired) electrons. The normalized spacial score (nSPS) is 12.0. The van der Waals surface area contributed by atoms with E-state index in [0.29, 0.717) is 5.56 Å². The smallest absolute Gasteiger partial charge is 0.237 e. The van der Waals surface area contributed by atoms with Crippen LogP contribution < -0.4 is 4.72 Å². The van der Waals surface area contributed by atoms with Gasteiger partial charge in [-0.25, -0.2) is 17.7 Å². The molecular weight excluding hydrogens is 328 g/mol. The van der Waals surface area contributed by atoms with Crippen LogP contribution in [-0.2, 0) is 11.0 Å². The molecule has 0 aliphatic heterocycles. The van der Waals surface area contributed by atoms with Gasteiger partial charge in [-0.1, -0.05) is 45.4 Å². The number of aryl methyl sites for hydroxylation is 1. The Labute approximate surface area is 141 Å². The van der Waals surface area contributed by atoms with Crippen LogP contribution >= 0.6 is 11.6 Å². The lowest BCUT2D eigenvalue weighted by molar-refractivity contribution is 0.150. The monoisotopic (exact) mass is 355 g/mol. The van der Waals surface area contributed by atoms with Crippen LogP contribution in [0.3, 0.4) is 0 Å². The quantitative estimate of drug-likeness (QED) is 0.702. The Bertz CT molecular complexity index is 474. The highest BCUT2D eigenvalue weighted by atomic mass is 35.5. The van der Waals surface area contributed by atoms with Gasteiger partial charge in [0.2, 0.25) is 0 Å². The Morgan fingerprint density at radius 2 is 1.59 bits per heavy atom. The Morgan fingerprint density at radius 3 is 1.95 bits per heavy atom. The number of nitrogens with one attached hydrogen (secondary N) is 1. The molecule has 0 aliphatic carbocycles. The summed E-state index contributed by atoms with van der Waals surface area (Å²) in [6.45, 7) is 15.1. The summed E-state index contributed by atoms with van der Waals surface area (Å²) in [6.07, 6.45) is -2.68. The first-order valence-electron chi connectivity index (χ1n) is 7.40. The SMILES string of the molecule is CC.CC.Cc1ccc(S(=O)NC(C)(C)C)c(Cl)c1C(F)F. The van der Waals surface area contributed by atoms with Crippen molar-refractivity contribution in [3.63, 3.8) is 0 Å². The number of rotatable bonds is 3. The van der Waals surface area contributed by atoms with E-state index in [4.69, 9.17) is 11.6 Å². The second kappa shape index (κ2) is 11.1. The van der Waals surface area contributed by atoms with Crippen LogP contribution in [0.15, 0.2) is 17.0 Å². The van der Waals surface area contributed by atoms with Gasteiger partial charge in [-0.05, 0) is 39.3 Å². The fraction of sp³-hybridized carbons (Fsp3) is 0.625. The maximum absolute atomic E-state index is 12.9. The maximum atomic E-state index is 12.9. The second-order valence-electron chi connectivity index (χ2n) is 5.03. The molecule has 1 N–H and O–H groups in total. The number of hydrogen-bond donors (Lipinski definition) is 1. The first-order valence-corrected chi connectivity index (χ1v) is 8.93. The van der Waals surface area contributed by atoms with Gasteiger partial charge in [-0.2, -0.15) is 0 Å². The van der Waals surface area contributed by atoms with Crippen LogP contribution in [0.1, 0.15) is 66.0 Å². The van der Waals surface area contributed by atoms with Crippen LogP contribution in [0, 0.1) is 6.92 Å². The summed E-state index contributed by atoms with van der Waals surface area (Å²) in [5, 5.41) is -0.125. The van der Waals surface area contributed by atoms with Gasteiger partial charge >= 0.3 is 0 Å². The van der Waals surface area contributed by atoms with E-state index in [-0.39, 0.29) is 15.5 Å². The van der Waals surface area contributed by atoms with Crippen LogP contribution in [-0.4, -0.2) is 9.75 Å². The Hall–Kier alpha value is -0.520. The minimum absolute atomic E-state index is 0.125. The van der Waals surface area contributed by atoms with E-state index in [1.807, 2.05) is 48.5 Å². The summed E-state index contributed by atoms with van der Waals surface area (Å²) >= 11 is 5.92. The average molecular weight is 356 g/mol. The number of alkyl halides is 2. The van der Waals surface area contributed by atoms with Crippen LogP contribution in [0.25, 0.3) is 0 Å². The van der Waals surface area contributed by atoms with Gasteiger partial charge in [0.25, 0.3) is 6.43 Å². The lowest BCUT2D eigenvalue weighted by atomic mass is 10.1. The van der Waals surface area contributed by atoms with E-state index < -0.39 is 22.9 Å². The van der Waals surface area contributed by atoms with Crippen molar-refractivity contribution in [2.75, 3.05) is 0 Å². The van der Waals surface area contributed by atoms with E-state index >= 15 is 0 Å². The number of hydrogen-bond acceptors (Lipinski definition) is 1. The Balaban J connectivity index is 0. The van der Waals surface area contributed by atoms with Gasteiger partial charge in [0.15, 0.2) is 0 Å². The predicted molar refractivity (Wildman–Crippen MR) is 93.1 cm³/mol. The Morgan fingerprint density at radius 1 is 1.14 bits per heavy atom. The van der Waals surface area contributed by atoms with Crippen LogP contribution in [0.2, 0.25) is 5.02 Å². The highest BCUT2D eigenvalue weighted by Gasteiger charge is 2.22. The molecule has 0 saturated carbocycles. The van der Waals surface area contributed by atoms with Crippen molar-refractivity contribution < 1.29 is 13.0 Å². The lowest BCUT2D eigenvalue weighted by Gasteiger charge is -2.20. The third-order valence-electron chi connectivity index (χ3n) is 2.18. The van der Waals surface area contributed by atoms with Crippen molar-refractivity contribution in [3.05, 3.63) is 28.3 Å². The topological polar surface area (TPSA) is 29.1 Å². The summed E-state index contributed by atoms with van der Waals surface area (Å²) in [7, 11) is -1.61. The summed E-state index contributed by atoms with van der Waals surface area (Å²) in [5.74, 6) is 0. The third-order valence-corrected chi connectivity index (χ3v) is 4.24. The maximum Gasteiger partial charge on any atom is 0.265 e. The molecule has 0 heterocycles. The summed E-state index contributed by atoms with van der Waals surface area (Å²) in [6, 6.07) is 3.02. The minimum atomic E-state index is -2.68. The van der Waals surface area contributed by atoms with E-state index in [2.05, 4.69) is 4.72 Å². The molecule has 1 rings (SSSR count). The highest BCUT2D eigenvalue weighted by molar-refractivity contribution is 7.83. The standard InChI is InChI=1S/C12H16ClF2NOS.2C2H6/c1-7-5-6-8(10(13)9(7)11(14)15)18(17)16-12(2,3)4;2*1-2/h5-6,11,16H,1-4H3;2*1-2H3. The highest BCUT2D eigenvalue weighted by Crippen LogP contribution is 2.34. The fourth-order valence-electron chi connectivity index (χ4n) is 1.41. The van der Waals surface area contributed by atoms with Crippen LogP contribution in [0.4, 0.5) is 8.78 Å². The fourth-order valence-corrected chi connectivity index (χ4v) is 3.05. The molecule has 0 fully saturated rings. The molecule has 6 heteroatoms. The zero-order valence-electron chi connectivity index (χ0n) is 14.7. The van der Waals surface area contributed by atoms with Crippen molar-refractivity contribution in [2.24, 2.45) is 0 Å². The molecule has 0 aliphatic rings. The van der Waals surface area contributed by atoms with Crippen molar-refractivity contribution in [1.29, 1.82) is 0 Å². The molecule has 1 atom stereocenters. The largest absolute Gasteiger partial charge is 0.265 e. The average Bonchev–Trinajstić information content (AvgIpc) is 2.40. The first-order chi connectivity index (χ1) is 10.1. The summed E-state index contributed by atoms with van der Waals surface area (Å²) in [4.78, 5) is 0.187. The van der Waals surface area contributed by atoms with Gasteiger partial charge in [-0.3, -0.25) is 0 Å². The molecule has 0 amide bonds. The molecule has 1 aromatic rings. The van der Waals surface area contributed by atoms with E-state index in [1.165, 1.54) is 12.1 Å². The predicted octanol–water partition coefficient (Wildman–Crippen LogP) is 6.05. The van der Waals surface area contributed by atoms with Crippen molar-refractivity contribution >= 4 is 22.6 Å². The summed E-state index contributed by atoms with van der Waals surface area (Å²) < 4.78 is 40.6. The molecular formula is C16H28ClF2NOS. The molecule has 1 unspecified atom stereocenters. The second-order valence-corrected chi connectivity index (χ2v) is 6.59. The number of halogens is 3. The molecule has 130 valence electrons. The number of benzene rings is 1. The molecule has 0 saturated heterocycles. The van der Waals surface area contributed by atoms with Gasteiger partial charge in [0, 0.05) is 11.1 Å². The van der Waals surface area contributed by atoms with Crippen LogP contribution in [0.5, 0.6) is 0 Å². The van der Waals surface area contributed by atoms with E-state index in [9.17, 15) is 13.0 Å². The van der Waals surface area contributed by atoms with Gasteiger partial charge < -0.3 is 0 Å². The lowest BCUT2D eigenvalue weighted by Crippen LogP contribution is -2.37. The Kier molecular flexibility index (Phi) is 12.0.